The molecule has 3 saturated heterocycles. The smallest absolute Gasteiger partial charge is 0.349 e. The lowest BCUT2D eigenvalue weighted by Crippen LogP contribution is -2.49. The minimum Gasteiger partial charge on any atom is -0.460 e. The number of thiophene rings is 2. The van der Waals surface area contributed by atoms with Crippen LogP contribution >= 0.6 is 22.7 Å². The molecule has 0 aromatic carbocycles. The van der Waals surface area contributed by atoms with Crippen LogP contribution in [0.4, 0.5) is 0 Å². The van der Waals surface area contributed by atoms with Crippen molar-refractivity contribution in [3.05, 3.63) is 44.8 Å². The van der Waals surface area contributed by atoms with Gasteiger partial charge in [-0.3, -0.25) is 4.90 Å². The van der Waals surface area contributed by atoms with Crippen LogP contribution in [0.3, 0.4) is 0 Å². The summed E-state index contributed by atoms with van der Waals surface area (Å²) in [5.41, 5.74) is -1.85. The topological polar surface area (TPSA) is 62.3 Å². The Hall–Kier alpha value is -1.25. The maximum Gasteiger partial charge on any atom is 0.349 e. The Morgan fingerprint density at radius 2 is 1.88 bits per heavy atom. The molecule has 0 saturated carbocycles. The average molecular weight is 381 g/mol. The Morgan fingerprint density at radius 3 is 2.36 bits per heavy atom. The van der Waals surface area contributed by atoms with Gasteiger partial charge in [0.1, 0.15) is 18.3 Å². The van der Waals surface area contributed by atoms with Crippen molar-refractivity contribution < 1.29 is 23.5 Å². The Morgan fingerprint density at radius 1 is 1.28 bits per heavy atom. The SMILES string of the molecule is [2H]C([2H])([2H])N1[C@@H]2CC(OC(=O)C(O)(c3cccs3)c3cccs3)C[C@H]1C1O[C@@H]12. The van der Waals surface area contributed by atoms with E-state index in [2.05, 4.69) is 0 Å². The van der Waals surface area contributed by atoms with Gasteiger partial charge in [0.15, 0.2) is 0 Å². The van der Waals surface area contributed by atoms with Crippen LogP contribution in [0.5, 0.6) is 0 Å². The Kier molecular flexibility index (Phi) is 2.92. The molecule has 2 bridgehead atoms. The number of morpholine rings is 1. The average Bonchev–Trinajstić information content (AvgIpc) is 3.03. The molecule has 3 fully saturated rings. The molecule has 0 spiro atoms. The van der Waals surface area contributed by atoms with Crippen LogP contribution in [0.25, 0.3) is 0 Å². The van der Waals surface area contributed by atoms with Crippen LogP contribution in [0.15, 0.2) is 35.0 Å². The van der Waals surface area contributed by atoms with Crippen LogP contribution in [-0.4, -0.2) is 53.3 Å². The number of hydrogen-bond donors (Lipinski definition) is 1. The standard InChI is InChI=1S/C18H19NO4S2/c1-19-11-8-10(9-12(19)16-15(11)23-16)22-17(20)18(21,13-4-2-6-24-13)14-5-3-7-25-14/h2-7,10-12,15-16,21H,8-9H2,1H3/t10?,11-,12+,15-,16?/m1/s1/i1D3. The largest absolute Gasteiger partial charge is 0.460 e. The third-order valence-electron chi connectivity index (χ3n) is 5.37. The van der Waals surface area contributed by atoms with Gasteiger partial charge in [0, 0.05) is 29.0 Å². The number of carbonyl (C=O) groups excluding carboxylic acids is 1. The van der Waals surface area contributed by atoms with Crippen LogP contribution in [0.2, 0.25) is 0 Å². The quantitative estimate of drug-likeness (QED) is 0.651. The molecule has 0 amide bonds. The molecule has 2 unspecified atom stereocenters. The molecule has 3 aliphatic heterocycles. The summed E-state index contributed by atoms with van der Waals surface area (Å²) in [6.45, 7) is -2.18. The van der Waals surface area contributed by atoms with E-state index in [-0.39, 0.29) is 24.3 Å². The van der Waals surface area contributed by atoms with Gasteiger partial charge in [-0.1, -0.05) is 12.1 Å². The summed E-state index contributed by atoms with van der Waals surface area (Å²) in [7, 11) is 0. The second-order valence-corrected chi connectivity index (χ2v) is 8.67. The first kappa shape index (κ1) is 13.0. The number of piperidine rings is 1. The fourth-order valence-electron chi connectivity index (χ4n) is 4.07. The van der Waals surface area contributed by atoms with Crippen molar-refractivity contribution in [1.82, 2.24) is 4.90 Å². The number of epoxide rings is 1. The fourth-order valence-corrected chi connectivity index (χ4v) is 5.79. The van der Waals surface area contributed by atoms with Gasteiger partial charge >= 0.3 is 5.97 Å². The molecule has 0 aliphatic carbocycles. The summed E-state index contributed by atoms with van der Waals surface area (Å²) in [5.74, 6) is -0.710. The van der Waals surface area contributed by atoms with Gasteiger partial charge < -0.3 is 14.6 Å². The van der Waals surface area contributed by atoms with Gasteiger partial charge in [-0.25, -0.2) is 4.79 Å². The maximum absolute atomic E-state index is 13.1. The number of esters is 1. The molecule has 1 N–H and O–H groups in total. The van der Waals surface area contributed by atoms with Gasteiger partial charge in [-0.05, 0) is 29.9 Å². The van der Waals surface area contributed by atoms with Crippen LogP contribution in [-0.2, 0) is 19.9 Å². The van der Waals surface area contributed by atoms with E-state index in [0.29, 0.717) is 22.6 Å². The van der Waals surface area contributed by atoms with Gasteiger partial charge in [-0.2, -0.15) is 0 Å². The number of nitrogens with zero attached hydrogens (tertiary/aromatic N) is 1. The first-order chi connectivity index (χ1) is 13.3. The molecule has 25 heavy (non-hydrogen) atoms. The van der Waals surface area contributed by atoms with E-state index in [4.69, 9.17) is 13.6 Å². The summed E-state index contributed by atoms with van der Waals surface area (Å²) in [4.78, 5) is 15.7. The number of aliphatic hydroxyl groups is 1. The lowest BCUT2D eigenvalue weighted by Gasteiger charge is -2.38. The van der Waals surface area contributed by atoms with Crippen LogP contribution in [0, 0.1) is 0 Å². The summed E-state index contributed by atoms with van der Waals surface area (Å²) >= 11 is 2.59. The van der Waals surface area contributed by atoms with E-state index in [1.807, 2.05) is 0 Å². The highest BCUT2D eigenvalue weighted by Gasteiger charge is 2.63. The molecule has 5 atom stereocenters. The van der Waals surface area contributed by atoms with Gasteiger partial charge in [0.25, 0.3) is 0 Å². The van der Waals surface area contributed by atoms with E-state index in [1.54, 1.807) is 39.9 Å². The Bertz CT molecular complexity index is 818. The molecule has 132 valence electrons. The summed E-state index contributed by atoms with van der Waals surface area (Å²) in [5, 5.41) is 15.0. The molecule has 5 heterocycles. The summed E-state index contributed by atoms with van der Waals surface area (Å²) in [6.07, 6.45) is 0.161. The zero-order valence-electron chi connectivity index (χ0n) is 16.2. The zero-order valence-corrected chi connectivity index (χ0v) is 14.8. The van der Waals surface area contributed by atoms with Crippen LogP contribution < -0.4 is 0 Å². The highest BCUT2D eigenvalue weighted by atomic mass is 32.1. The van der Waals surface area contributed by atoms with Crippen LogP contribution in [0.1, 0.15) is 26.7 Å². The number of hydrogen-bond acceptors (Lipinski definition) is 7. The molecule has 2 aromatic rings. The van der Waals surface area contributed by atoms with E-state index < -0.39 is 24.7 Å². The molecule has 7 heteroatoms. The number of ether oxygens (including phenoxy) is 2. The van der Waals surface area contributed by atoms with Gasteiger partial charge in [0.2, 0.25) is 5.60 Å². The molecule has 5 rings (SSSR count). The minimum atomic E-state index is -2.18. The predicted octanol–water partition coefficient (Wildman–Crippen LogP) is 2.20. The van der Waals surface area contributed by atoms with E-state index in [1.165, 1.54) is 22.7 Å². The van der Waals surface area contributed by atoms with Gasteiger partial charge in [-0.15, -0.1) is 22.7 Å². The number of likely N-dealkylation sites (N-methyl/N-ethyl adjacent to an activating group) is 1. The molecule has 3 aliphatic rings. The molecule has 5 nitrogen and oxygen atoms in total. The van der Waals surface area contributed by atoms with Crippen molar-refractivity contribution in [1.29, 1.82) is 0 Å². The van der Waals surface area contributed by atoms with E-state index in [0.717, 1.165) is 0 Å². The highest BCUT2D eigenvalue weighted by Crippen LogP contribution is 2.48. The third kappa shape index (κ3) is 2.34. The monoisotopic (exact) mass is 380 g/mol. The third-order valence-corrected chi connectivity index (χ3v) is 7.33. The number of fused-ring (bicyclic) bond motifs is 5. The Balaban J connectivity index is 1.38. The number of carbonyl (C=O) groups is 1. The molecular formula is C18H19NO4S2. The normalized spacial score (nSPS) is 36.2. The predicted molar refractivity (Wildman–Crippen MR) is 94.8 cm³/mol. The molecule has 0 radical (unpaired) electrons. The van der Waals surface area contributed by atoms with Crippen molar-refractivity contribution in [2.24, 2.45) is 0 Å². The van der Waals surface area contributed by atoms with Gasteiger partial charge in [0.05, 0.1) is 9.75 Å². The summed E-state index contributed by atoms with van der Waals surface area (Å²) < 4.78 is 34.8. The zero-order chi connectivity index (χ0) is 19.7. The van der Waals surface area contributed by atoms with Crippen molar-refractivity contribution in [3.8, 4) is 0 Å². The number of rotatable bonds is 4. The second kappa shape index (κ2) is 5.62. The minimum absolute atomic E-state index is 0.0948. The lowest BCUT2D eigenvalue weighted by atomic mass is 9.97. The molecule has 2 aromatic heterocycles. The summed E-state index contributed by atoms with van der Waals surface area (Å²) in [6, 6.07) is 6.43. The van der Waals surface area contributed by atoms with E-state index >= 15 is 0 Å². The van der Waals surface area contributed by atoms with Crippen molar-refractivity contribution in [3.63, 3.8) is 0 Å². The first-order valence-electron chi connectivity index (χ1n) is 9.75. The Labute approximate surface area is 158 Å². The lowest BCUT2D eigenvalue weighted by molar-refractivity contribution is -0.171. The van der Waals surface area contributed by atoms with Crippen molar-refractivity contribution in [2.45, 2.75) is 48.8 Å². The maximum atomic E-state index is 13.1. The highest BCUT2D eigenvalue weighted by molar-refractivity contribution is 7.12. The van der Waals surface area contributed by atoms with Crippen molar-refractivity contribution in [2.75, 3.05) is 6.98 Å². The molecular weight excluding hydrogens is 358 g/mol. The first-order valence-corrected chi connectivity index (χ1v) is 10.0. The van der Waals surface area contributed by atoms with E-state index in [9.17, 15) is 9.90 Å². The second-order valence-electron chi connectivity index (χ2n) is 6.77. The van der Waals surface area contributed by atoms with Crippen molar-refractivity contribution >= 4 is 28.6 Å². The fraction of sp³-hybridized carbons (Fsp3) is 0.500.